The summed E-state index contributed by atoms with van der Waals surface area (Å²) >= 11 is 0. The van der Waals surface area contributed by atoms with Crippen LogP contribution in [-0.4, -0.2) is 40.7 Å². The summed E-state index contributed by atoms with van der Waals surface area (Å²) in [5.74, 6) is -1.33. The van der Waals surface area contributed by atoms with Gasteiger partial charge in [0.05, 0.1) is 11.9 Å². The second kappa shape index (κ2) is 7.21. The number of rotatable bonds is 3. The van der Waals surface area contributed by atoms with Gasteiger partial charge in [-0.05, 0) is 33.6 Å². The van der Waals surface area contributed by atoms with E-state index in [-0.39, 0.29) is 24.4 Å². The van der Waals surface area contributed by atoms with E-state index < -0.39 is 17.2 Å². The lowest BCUT2D eigenvalue weighted by atomic mass is 10.1. The van der Waals surface area contributed by atoms with Crippen molar-refractivity contribution in [1.82, 2.24) is 15.2 Å². The molecule has 0 radical (unpaired) electrons. The van der Waals surface area contributed by atoms with Crippen molar-refractivity contribution < 1.29 is 18.3 Å². The first-order valence-electron chi connectivity index (χ1n) is 7.76. The Morgan fingerprint density at radius 2 is 2.04 bits per heavy atom. The maximum Gasteiger partial charge on any atom is 0.410 e. The Kier molecular flexibility index (Phi) is 5.51. The van der Waals surface area contributed by atoms with E-state index in [1.54, 1.807) is 4.90 Å². The van der Waals surface area contributed by atoms with Crippen molar-refractivity contribution in [2.45, 2.75) is 51.8 Å². The van der Waals surface area contributed by atoms with Crippen LogP contribution in [-0.2, 0) is 11.3 Å². The highest BCUT2D eigenvalue weighted by Gasteiger charge is 2.26. The highest BCUT2D eigenvalue weighted by Crippen LogP contribution is 2.16. The number of aromatic nitrogens is 1. The van der Waals surface area contributed by atoms with E-state index in [1.165, 1.54) is 0 Å². The zero-order valence-electron chi connectivity index (χ0n) is 13.7. The minimum atomic E-state index is -0.683. The molecule has 1 saturated heterocycles. The summed E-state index contributed by atoms with van der Waals surface area (Å²) in [6.45, 7) is 6.93. The standard InChI is InChI=1S/C16H23F2N3O2/c1-16(2,3)23-15(22)21-6-4-12(5-7-21)19-10-14-13(18)8-11(17)9-20-14/h8-9,12,19H,4-7,10H2,1-3H3. The summed E-state index contributed by atoms with van der Waals surface area (Å²) in [6.07, 6.45) is 2.21. The molecule has 0 bridgehead atoms. The molecule has 1 aliphatic heterocycles. The molecule has 2 heterocycles. The summed E-state index contributed by atoms with van der Waals surface area (Å²) in [7, 11) is 0. The summed E-state index contributed by atoms with van der Waals surface area (Å²) in [6, 6.07) is 0.995. The Labute approximate surface area is 135 Å². The Morgan fingerprint density at radius 1 is 1.39 bits per heavy atom. The third-order valence-corrected chi connectivity index (χ3v) is 3.59. The average molecular weight is 327 g/mol. The van der Waals surface area contributed by atoms with Crippen molar-refractivity contribution in [2.75, 3.05) is 13.1 Å². The fourth-order valence-corrected chi connectivity index (χ4v) is 2.41. The number of likely N-dealkylation sites (tertiary alicyclic amines) is 1. The molecule has 1 aromatic heterocycles. The SMILES string of the molecule is CC(C)(C)OC(=O)N1CCC(NCc2ncc(F)cc2F)CC1. The van der Waals surface area contributed by atoms with Gasteiger partial charge in [0.1, 0.15) is 17.2 Å². The first kappa shape index (κ1) is 17.6. The van der Waals surface area contributed by atoms with Crippen LogP contribution in [0.4, 0.5) is 13.6 Å². The second-order valence-electron chi connectivity index (χ2n) is 6.70. The first-order chi connectivity index (χ1) is 10.7. The molecule has 5 nitrogen and oxygen atoms in total. The molecule has 0 spiro atoms. The summed E-state index contributed by atoms with van der Waals surface area (Å²) < 4.78 is 31.7. The van der Waals surface area contributed by atoms with Crippen LogP contribution in [0.1, 0.15) is 39.3 Å². The maximum absolute atomic E-state index is 13.5. The van der Waals surface area contributed by atoms with Gasteiger partial charge in [0.25, 0.3) is 0 Å². The molecule has 0 saturated carbocycles. The van der Waals surface area contributed by atoms with Crippen molar-refractivity contribution in [1.29, 1.82) is 0 Å². The van der Waals surface area contributed by atoms with Crippen molar-refractivity contribution in [3.8, 4) is 0 Å². The number of nitrogens with one attached hydrogen (secondary N) is 1. The van der Waals surface area contributed by atoms with E-state index in [9.17, 15) is 13.6 Å². The Balaban J connectivity index is 1.77. The van der Waals surface area contributed by atoms with Gasteiger partial charge >= 0.3 is 6.09 Å². The summed E-state index contributed by atoms with van der Waals surface area (Å²) in [5, 5.41) is 3.20. The molecule has 1 amide bonds. The minimum absolute atomic E-state index is 0.167. The van der Waals surface area contributed by atoms with Gasteiger partial charge in [-0.1, -0.05) is 0 Å². The fraction of sp³-hybridized carbons (Fsp3) is 0.625. The van der Waals surface area contributed by atoms with Gasteiger partial charge in [-0.2, -0.15) is 0 Å². The minimum Gasteiger partial charge on any atom is -0.444 e. The maximum atomic E-state index is 13.5. The Bertz CT molecular complexity index is 553. The number of amides is 1. The molecule has 0 atom stereocenters. The number of nitrogens with zero attached hydrogens (tertiary/aromatic N) is 2. The molecule has 2 rings (SSSR count). The number of hydrogen-bond donors (Lipinski definition) is 1. The molecule has 1 fully saturated rings. The van der Waals surface area contributed by atoms with E-state index in [0.29, 0.717) is 13.1 Å². The number of carbonyl (C=O) groups is 1. The summed E-state index contributed by atoms with van der Waals surface area (Å²) in [4.78, 5) is 17.4. The third kappa shape index (κ3) is 5.42. The lowest BCUT2D eigenvalue weighted by molar-refractivity contribution is 0.0198. The van der Waals surface area contributed by atoms with E-state index in [4.69, 9.17) is 4.74 Å². The topological polar surface area (TPSA) is 54.5 Å². The number of pyridine rings is 1. The van der Waals surface area contributed by atoms with Crippen LogP contribution in [0.3, 0.4) is 0 Å². The molecule has 0 aromatic carbocycles. The molecular weight excluding hydrogens is 304 g/mol. The predicted octanol–water partition coefficient (Wildman–Crippen LogP) is 2.85. The van der Waals surface area contributed by atoms with Gasteiger partial charge < -0.3 is 15.0 Å². The molecule has 1 aliphatic rings. The molecule has 1 aromatic rings. The fourth-order valence-electron chi connectivity index (χ4n) is 2.41. The molecule has 1 N–H and O–H groups in total. The quantitative estimate of drug-likeness (QED) is 0.927. The molecule has 0 aliphatic carbocycles. The molecular formula is C16H23F2N3O2. The monoisotopic (exact) mass is 327 g/mol. The average Bonchev–Trinajstić information content (AvgIpc) is 2.45. The van der Waals surface area contributed by atoms with Gasteiger partial charge in [0, 0.05) is 31.7 Å². The number of ether oxygens (including phenoxy) is 1. The largest absolute Gasteiger partial charge is 0.444 e. The number of hydrogen-bond acceptors (Lipinski definition) is 4. The summed E-state index contributed by atoms with van der Waals surface area (Å²) in [5.41, 5.74) is -0.307. The van der Waals surface area contributed by atoms with E-state index >= 15 is 0 Å². The van der Waals surface area contributed by atoms with E-state index in [0.717, 1.165) is 25.1 Å². The van der Waals surface area contributed by atoms with Crippen LogP contribution >= 0.6 is 0 Å². The van der Waals surface area contributed by atoms with Crippen molar-refractivity contribution in [3.05, 3.63) is 29.6 Å². The normalized spacial score (nSPS) is 16.5. The molecule has 23 heavy (non-hydrogen) atoms. The van der Waals surface area contributed by atoms with Crippen LogP contribution in [0.25, 0.3) is 0 Å². The van der Waals surface area contributed by atoms with Crippen LogP contribution in [0.15, 0.2) is 12.3 Å². The number of piperidine rings is 1. The zero-order chi connectivity index (χ0) is 17.0. The lowest BCUT2D eigenvalue weighted by Crippen LogP contribution is -2.46. The van der Waals surface area contributed by atoms with Gasteiger partial charge in [-0.25, -0.2) is 13.6 Å². The number of halogens is 2. The van der Waals surface area contributed by atoms with Crippen LogP contribution in [0, 0.1) is 11.6 Å². The van der Waals surface area contributed by atoms with E-state index in [1.807, 2.05) is 20.8 Å². The van der Waals surface area contributed by atoms with Crippen molar-refractivity contribution >= 4 is 6.09 Å². The lowest BCUT2D eigenvalue weighted by Gasteiger charge is -2.33. The highest BCUT2D eigenvalue weighted by atomic mass is 19.1. The highest BCUT2D eigenvalue weighted by molar-refractivity contribution is 5.68. The molecule has 7 heteroatoms. The van der Waals surface area contributed by atoms with Gasteiger partial charge in [0.15, 0.2) is 0 Å². The molecule has 0 unspecified atom stereocenters. The first-order valence-corrected chi connectivity index (χ1v) is 7.76. The van der Waals surface area contributed by atoms with Gasteiger partial charge in [-0.3, -0.25) is 4.98 Å². The third-order valence-electron chi connectivity index (χ3n) is 3.59. The number of carbonyl (C=O) groups excluding carboxylic acids is 1. The van der Waals surface area contributed by atoms with Gasteiger partial charge in [0.2, 0.25) is 0 Å². The predicted molar refractivity (Wildman–Crippen MR) is 81.8 cm³/mol. The van der Waals surface area contributed by atoms with Crippen LogP contribution in [0.5, 0.6) is 0 Å². The van der Waals surface area contributed by atoms with Crippen molar-refractivity contribution in [2.24, 2.45) is 0 Å². The van der Waals surface area contributed by atoms with E-state index in [2.05, 4.69) is 10.3 Å². The molecule has 128 valence electrons. The Hall–Kier alpha value is -1.76. The smallest absolute Gasteiger partial charge is 0.410 e. The Morgan fingerprint density at radius 3 is 2.61 bits per heavy atom. The second-order valence-corrected chi connectivity index (χ2v) is 6.70. The van der Waals surface area contributed by atoms with Gasteiger partial charge in [-0.15, -0.1) is 0 Å². The zero-order valence-corrected chi connectivity index (χ0v) is 13.7. The van der Waals surface area contributed by atoms with Crippen LogP contribution in [0.2, 0.25) is 0 Å². The van der Waals surface area contributed by atoms with Crippen LogP contribution < -0.4 is 5.32 Å². The van der Waals surface area contributed by atoms with Crippen molar-refractivity contribution in [3.63, 3.8) is 0 Å².